The van der Waals surface area contributed by atoms with Gasteiger partial charge in [-0.25, -0.2) is 9.59 Å². The summed E-state index contributed by atoms with van der Waals surface area (Å²) < 4.78 is 5.12. The number of carboxylic acids is 1. The summed E-state index contributed by atoms with van der Waals surface area (Å²) in [6, 6.07) is 6.11. The van der Waals surface area contributed by atoms with Crippen molar-refractivity contribution in [2.45, 2.75) is 45.4 Å². The highest BCUT2D eigenvalue weighted by Crippen LogP contribution is 2.11. The van der Waals surface area contributed by atoms with E-state index >= 15 is 0 Å². The Bertz CT molecular complexity index is 440. The zero-order valence-electron chi connectivity index (χ0n) is 11.9. The molecular formula is C16H22O4. The van der Waals surface area contributed by atoms with Crippen molar-refractivity contribution in [3.8, 4) is 0 Å². The second-order valence-electron chi connectivity index (χ2n) is 4.75. The summed E-state index contributed by atoms with van der Waals surface area (Å²) in [5.41, 5.74) is 0.103. The molecule has 0 heterocycles. The van der Waals surface area contributed by atoms with E-state index in [9.17, 15) is 9.59 Å². The maximum absolute atomic E-state index is 11.8. The molecule has 0 bridgehead atoms. The van der Waals surface area contributed by atoms with Gasteiger partial charge in [0, 0.05) is 0 Å². The summed E-state index contributed by atoms with van der Waals surface area (Å²) in [6.07, 6.45) is 6.68. The van der Waals surface area contributed by atoms with Crippen molar-refractivity contribution in [1.29, 1.82) is 0 Å². The van der Waals surface area contributed by atoms with Gasteiger partial charge < -0.3 is 9.84 Å². The molecule has 20 heavy (non-hydrogen) atoms. The summed E-state index contributed by atoms with van der Waals surface area (Å²) in [7, 11) is 0. The molecule has 1 aromatic rings. The minimum Gasteiger partial charge on any atom is -0.478 e. The molecule has 1 rings (SSSR count). The fourth-order valence-corrected chi connectivity index (χ4v) is 1.97. The van der Waals surface area contributed by atoms with Gasteiger partial charge in [0.05, 0.1) is 17.7 Å². The molecule has 4 nitrogen and oxygen atoms in total. The maximum Gasteiger partial charge on any atom is 0.339 e. The quantitative estimate of drug-likeness (QED) is 0.549. The highest BCUT2D eigenvalue weighted by molar-refractivity contribution is 6.02. The van der Waals surface area contributed by atoms with Crippen LogP contribution < -0.4 is 0 Å². The molecule has 0 atom stereocenters. The minimum absolute atomic E-state index is 0.0135. The fraction of sp³-hybridized carbons (Fsp3) is 0.500. The molecule has 0 unspecified atom stereocenters. The summed E-state index contributed by atoms with van der Waals surface area (Å²) in [5.74, 6) is -1.67. The largest absolute Gasteiger partial charge is 0.478 e. The predicted molar refractivity (Wildman–Crippen MR) is 77.1 cm³/mol. The Labute approximate surface area is 119 Å². The maximum atomic E-state index is 11.8. The predicted octanol–water partition coefficient (Wildman–Crippen LogP) is 3.90. The number of rotatable bonds is 9. The Morgan fingerprint density at radius 1 is 1.00 bits per heavy atom. The van der Waals surface area contributed by atoms with Gasteiger partial charge in [0.2, 0.25) is 0 Å². The van der Waals surface area contributed by atoms with Gasteiger partial charge in [0.15, 0.2) is 0 Å². The smallest absolute Gasteiger partial charge is 0.339 e. The van der Waals surface area contributed by atoms with Gasteiger partial charge in [-0.2, -0.15) is 0 Å². The second-order valence-corrected chi connectivity index (χ2v) is 4.75. The lowest BCUT2D eigenvalue weighted by atomic mass is 10.1. The molecule has 0 aliphatic rings. The number of unbranched alkanes of at least 4 members (excludes halogenated alkanes) is 5. The van der Waals surface area contributed by atoms with Gasteiger partial charge >= 0.3 is 11.9 Å². The van der Waals surface area contributed by atoms with Crippen LogP contribution in [0.4, 0.5) is 0 Å². The van der Waals surface area contributed by atoms with E-state index < -0.39 is 11.9 Å². The van der Waals surface area contributed by atoms with E-state index in [1.54, 1.807) is 12.1 Å². The van der Waals surface area contributed by atoms with Crippen LogP contribution in [0.1, 0.15) is 66.2 Å². The molecule has 1 N–H and O–H groups in total. The van der Waals surface area contributed by atoms with Gasteiger partial charge in [-0.3, -0.25) is 0 Å². The summed E-state index contributed by atoms with van der Waals surface area (Å²) >= 11 is 0. The van der Waals surface area contributed by atoms with Crippen LogP contribution in [-0.2, 0) is 4.74 Å². The summed E-state index contributed by atoms with van der Waals surface area (Å²) in [4.78, 5) is 22.8. The van der Waals surface area contributed by atoms with E-state index in [4.69, 9.17) is 9.84 Å². The third kappa shape index (κ3) is 5.43. The number of benzene rings is 1. The Hall–Kier alpha value is -1.84. The van der Waals surface area contributed by atoms with Crippen LogP contribution in [0.25, 0.3) is 0 Å². The Morgan fingerprint density at radius 2 is 1.60 bits per heavy atom. The van der Waals surface area contributed by atoms with Crippen molar-refractivity contribution >= 4 is 11.9 Å². The highest BCUT2D eigenvalue weighted by atomic mass is 16.5. The molecule has 0 saturated carbocycles. The first kappa shape index (κ1) is 16.2. The Morgan fingerprint density at radius 3 is 2.25 bits per heavy atom. The lowest BCUT2D eigenvalue weighted by Crippen LogP contribution is -2.12. The molecule has 1 aromatic carbocycles. The zero-order valence-corrected chi connectivity index (χ0v) is 11.9. The number of aromatic carboxylic acids is 1. The normalized spacial score (nSPS) is 10.2. The molecule has 0 spiro atoms. The lowest BCUT2D eigenvalue weighted by Gasteiger charge is -2.07. The summed E-state index contributed by atoms with van der Waals surface area (Å²) in [6.45, 7) is 2.51. The lowest BCUT2D eigenvalue weighted by molar-refractivity contribution is 0.0487. The van der Waals surface area contributed by atoms with Gasteiger partial charge in [0.25, 0.3) is 0 Å². The standard InChI is InChI=1S/C16H22O4/c1-2-3-4-5-6-9-12-20-16(19)14-11-8-7-10-13(14)15(17)18/h7-8,10-11H,2-6,9,12H2,1H3,(H,17,18). The van der Waals surface area contributed by atoms with E-state index in [2.05, 4.69) is 6.92 Å². The molecule has 110 valence electrons. The van der Waals surface area contributed by atoms with Gasteiger partial charge in [-0.1, -0.05) is 51.2 Å². The first-order valence-electron chi connectivity index (χ1n) is 7.16. The minimum atomic E-state index is -1.11. The number of hydrogen-bond donors (Lipinski definition) is 1. The average molecular weight is 278 g/mol. The number of carboxylic acid groups (broad SMARTS) is 1. The molecule has 0 radical (unpaired) electrons. The van der Waals surface area contributed by atoms with Crippen LogP contribution in [-0.4, -0.2) is 23.7 Å². The van der Waals surface area contributed by atoms with Crippen molar-refractivity contribution in [2.24, 2.45) is 0 Å². The first-order chi connectivity index (χ1) is 9.66. The molecular weight excluding hydrogens is 256 g/mol. The van der Waals surface area contributed by atoms with Crippen molar-refractivity contribution in [3.63, 3.8) is 0 Å². The third-order valence-corrected chi connectivity index (χ3v) is 3.11. The SMILES string of the molecule is CCCCCCCCOC(=O)c1ccccc1C(=O)O. The summed E-state index contributed by atoms with van der Waals surface area (Å²) in [5, 5.41) is 9.00. The zero-order chi connectivity index (χ0) is 14.8. The van der Waals surface area contributed by atoms with Gasteiger partial charge in [0.1, 0.15) is 0 Å². The van der Waals surface area contributed by atoms with E-state index in [1.807, 2.05) is 0 Å². The van der Waals surface area contributed by atoms with Crippen LogP contribution in [0.15, 0.2) is 24.3 Å². The highest BCUT2D eigenvalue weighted by Gasteiger charge is 2.16. The molecule has 0 aliphatic heterocycles. The second kappa shape index (κ2) is 9.13. The Balaban J connectivity index is 2.35. The number of ether oxygens (including phenoxy) is 1. The van der Waals surface area contributed by atoms with Crippen LogP contribution in [0.3, 0.4) is 0 Å². The number of carbonyl (C=O) groups is 2. The van der Waals surface area contributed by atoms with Crippen LogP contribution >= 0.6 is 0 Å². The number of hydrogen-bond acceptors (Lipinski definition) is 3. The van der Waals surface area contributed by atoms with Crippen LogP contribution in [0.2, 0.25) is 0 Å². The molecule has 4 heteroatoms. The van der Waals surface area contributed by atoms with Gasteiger partial charge in [-0.05, 0) is 18.6 Å². The van der Waals surface area contributed by atoms with Crippen LogP contribution in [0.5, 0.6) is 0 Å². The number of carbonyl (C=O) groups excluding carboxylic acids is 1. The van der Waals surface area contributed by atoms with Crippen molar-refractivity contribution in [3.05, 3.63) is 35.4 Å². The van der Waals surface area contributed by atoms with Crippen molar-refractivity contribution < 1.29 is 19.4 Å². The number of esters is 1. The molecule has 0 saturated heterocycles. The Kier molecular flexibility index (Phi) is 7.40. The van der Waals surface area contributed by atoms with Crippen LogP contribution in [0, 0.1) is 0 Å². The average Bonchev–Trinajstić information content (AvgIpc) is 2.46. The topological polar surface area (TPSA) is 63.6 Å². The van der Waals surface area contributed by atoms with E-state index in [1.165, 1.54) is 31.4 Å². The van der Waals surface area contributed by atoms with Gasteiger partial charge in [-0.15, -0.1) is 0 Å². The fourth-order valence-electron chi connectivity index (χ4n) is 1.97. The van der Waals surface area contributed by atoms with E-state index in [-0.39, 0.29) is 11.1 Å². The molecule has 0 aromatic heterocycles. The monoisotopic (exact) mass is 278 g/mol. The van der Waals surface area contributed by atoms with Crippen molar-refractivity contribution in [1.82, 2.24) is 0 Å². The first-order valence-corrected chi connectivity index (χ1v) is 7.16. The molecule has 0 amide bonds. The molecule has 0 aliphatic carbocycles. The van der Waals surface area contributed by atoms with Crippen molar-refractivity contribution in [2.75, 3.05) is 6.61 Å². The third-order valence-electron chi connectivity index (χ3n) is 3.11. The molecule has 0 fully saturated rings. The van der Waals surface area contributed by atoms with E-state index in [0.29, 0.717) is 6.61 Å². The van der Waals surface area contributed by atoms with E-state index in [0.717, 1.165) is 19.3 Å².